The van der Waals surface area contributed by atoms with Crippen LogP contribution in [0.15, 0.2) is 59.4 Å². The first-order valence-electron chi connectivity index (χ1n) is 9.86. The lowest BCUT2D eigenvalue weighted by Gasteiger charge is -2.18. The minimum atomic E-state index is -0.585. The zero-order valence-electron chi connectivity index (χ0n) is 17.2. The number of aliphatic hydroxyl groups excluding tert-OH is 1. The Morgan fingerprint density at radius 2 is 1.81 bits per heavy atom. The van der Waals surface area contributed by atoms with E-state index in [-0.39, 0.29) is 18.1 Å². The molecule has 0 aliphatic heterocycles. The largest absolute Gasteiger partial charge is 0.394 e. The van der Waals surface area contributed by atoms with Crippen molar-refractivity contribution in [2.75, 3.05) is 6.61 Å². The van der Waals surface area contributed by atoms with Crippen LogP contribution in [0.4, 0.5) is 0 Å². The van der Waals surface area contributed by atoms with E-state index in [9.17, 15) is 14.7 Å². The number of hydrogen-bond donors (Lipinski definition) is 2. The highest BCUT2D eigenvalue weighted by Crippen LogP contribution is 2.21. The average Bonchev–Trinajstić information content (AvgIpc) is 2.73. The van der Waals surface area contributed by atoms with Gasteiger partial charge in [-0.15, -0.1) is 0 Å². The Balaban J connectivity index is 2.12. The molecule has 1 unspecified atom stereocenters. The predicted molar refractivity (Wildman–Crippen MR) is 123 cm³/mol. The monoisotopic (exact) mass is 459 g/mol. The lowest BCUT2D eigenvalue weighted by atomic mass is 10.0. The number of halogens is 2. The van der Waals surface area contributed by atoms with Gasteiger partial charge in [-0.3, -0.25) is 9.59 Å². The van der Waals surface area contributed by atoms with E-state index in [2.05, 4.69) is 10.4 Å². The van der Waals surface area contributed by atoms with Gasteiger partial charge in [0.1, 0.15) is 5.56 Å². The summed E-state index contributed by atoms with van der Waals surface area (Å²) in [4.78, 5) is 26.2. The molecule has 2 N–H and O–H groups in total. The number of hydrogen-bond acceptors (Lipinski definition) is 4. The third-order valence-corrected chi connectivity index (χ3v) is 5.15. The van der Waals surface area contributed by atoms with Crippen LogP contribution in [0.1, 0.15) is 30.6 Å². The molecule has 31 heavy (non-hydrogen) atoms. The molecule has 1 atom stereocenters. The van der Waals surface area contributed by atoms with Crippen molar-refractivity contribution in [3.8, 4) is 16.9 Å². The lowest BCUT2D eigenvalue weighted by molar-refractivity contribution is 0.0906. The first-order chi connectivity index (χ1) is 14.8. The zero-order chi connectivity index (χ0) is 22.5. The Morgan fingerprint density at radius 1 is 1.10 bits per heavy atom. The van der Waals surface area contributed by atoms with Gasteiger partial charge < -0.3 is 10.4 Å². The predicted octanol–water partition coefficient (Wildman–Crippen LogP) is 4.34. The first kappa shape index (κ1) is 23.0. The first-order valence-corrected chi connectivity index (χ1v) is 10.6. The number of carbonyl (C=O) groups excluding carboxylic acids is 1. The Morgan fingerprint density at radius 3 is 2.42 bits per heavy atom. The van der Waals surface area contributed by atoms with E-state index in [1.807, 2.05) is 13.8 Å². The molecular formula is C23H23Cl2N3O3. The van der Waals surface area contributed by atoms with E-state index in [1.54, 1.807) is 48.5 Å². The number of nitrogens with one attached hydrogen (secondary N) is 1. The number of benzene rings is 2. The molecule has 1 heterocycles. The van der Waals surface area contributed by atoms with Gasteiger partial charge in [-0.2, -0.15) is 9.78 Å². The summed E-state index contributed by atoms with van der Waals surface area (Å²) in [5.41, 5.74) is 0.880. The Labute approximate surface area is 190 Å². The highest BCUT2D eigenvalue weighted by Gasteiger charge is 2.21. The summed E-state index contributed by atoms with van der Waals surface area (Å²) in [5, 5.41) is 17.8. The maximum absolute atomic E-state index is 13.2. The lowest BCUT2D eigenvalue weighted by Crippen LogP contribution is -2.41. The fourth-order valence-electron chi connectivity index (χ4n) is 3.21. The molecule has 0 bridgehead atoms. The van der Waals surface area contributed by atoms with E-state index < -0.39 is 17.5 Å². The van der Waals surface area contributed by atoms with Gasteiger partial charge in [0.25, 0.3) is 11.5 Å². The van der Waals surface area contributed by atoms with Crippen LogP contribution in [0.3, 0.4) is 0 Å². The topological polar surface area (TPSA) is 84.2 Å². The van der Waals surface area contributed by atoms with Crippen molar-refractivity contribution in [3.05, 3.63) is 80.6 Å². The van der Waals surface area contributed by atoms with Crippen molar-refractivity contribution in [2.24, 2.45) is 5.92 Å². The number of rotatable bonds is 7. The standard InChI is InChI=1S/C23H23Cl2N3O3/c1-14(2)10-18(13-29)26-22(30)20-12-21(15-6-8-16(24)9-7-15)27-28(23(20)31)19-5-3-4-17(25)11-19/h3-9,11-12,14,18,29H,10,13H2,1-2H3,(H,26,30). The van der Waals surface area contributed by atoms with E-state index >= 15 is 0 Å². The Bertz CT molecular complexity index is 1130. The van der Waals surface area contributed by atoms with Crippen molar-refractivity contribution in [1.29, 1.82) is 0 Å². The van der Waals surface area contributed by atoms with Crippen molar-refractivity contribution < 1.29 is 9.90 Å². The van der Waals surface area contributed by atoms with Gasteiger partial charge in [-0.05, 0) is 48.7 Å². The molecule has 8 heteroatoms. The average molecular weight is 460 g/mol. The molecule has 0 aliphatic carbocycles. The van der Waals surface area contributed by atoms with Crippen LogP contribution in [0, 0.1) is 5.92 Å². The summed E-state index contributed by atoms with van der Waals surface area (Å²) in [5.74, 6) is -0.305. The smallest absolute Gasteiger partial charge is 0.284 e. The van der Waals surface area contributed by atoms with E-state index in [0.717, 1.165) is 4.68 Å². The van der Waals surface area contributed by atoms with E-state index in [1.165, 1.54) is 6.07 Å². The molecule has 3 aromatic rings. The van der Waals surface area contributed by atoms with Crippen LogP contribution in [0.2, 0.25) is 10.0 Å². The molecular weight excluding hydrogens is 437 g/mol. The van der Waals surface area contributed by atoms with Gasteiger partial charge in [0, 0.05) is 15.6 Å². The number of amides is 1. The summed E-state index contributed by atoms with van der Waals surface area (Å²) >= 11 is 12.1. The van der Waals surface area contributed by atoms with Gasteiger partial charge in [0.2, 0.25) is 0 Å². The van der Waals surface area contributed by atoms with E-state index in [0.29, 0.717) is 33.4 Å². The zero-order valence-corrected chi connectivity index (χ0v) is 18.7. The third kappa shape index (κ3) is 5.73. The Kier molecular flexibility index (Phi) is 7.49. The van der Waals surface area contributed by atoms with Crippen LogP contribution in [-0.4, -0.2) is 33.4 Å². The molecule has 0 spiro atoms. The normalized spacial score (nSPS) is 12.1. The molecule has 1 amide bonds. The summed E-state index contributed by atoms with van der Waals surface area (Å²) in [7, 11) is 0. The summed E-state index contributed by atoms with van der Waals surface area (Å²) < 4.78 is 1.15. The van der Waals surface area contributed by atoms with Crippen molar-refractivity contribution in [3.63, 3.8) is 0 Å². The maximum atomic E-state index is 13.2. The number of nitrogens with zero attached hydrogens (tertiary/aromatic N) is 2. The number of aromatic nitrogens is 2. The minimum Gasteiger partial charge on any atom is -0.394 e. The van der Waals surface area contributed by atoms with Crippen molar-refractivity contribution >= 4 is 29.1 Å². The molecule has 2 aromatic carbocycles. The molecule has 0 saturated heterocycles. The minimum absolute atomic E-state index is 0.0814. The highest BCUT2D eigenvalue weighted by molar-refractivity contribution is 6.31. The van der Waals surface area contributed by atoms with Crippen LogP contribution in [-0.2, 0) is 0 Å². The van der Waals surface area contributed by atoms with Crippen LogP contribution >= 0.6 is 23.2 Å². The second-order valence-electron chi connectivity index (χ2n) is 7.63. The van der Waals surface area contributed by atoms with Crippen molar-refractivity contribution in [2.45, 2.75) is 26.3 Å². The van der Waals surface area contributed by atoms with Gasteiger partial charge >= 0.3 is 0 Å². The second-order valence-corrected chi connectivity index (χ2v) is 8.50. The Hall–Kier alpha value is -2.67. The van der Waals surface area contributed by atoms with Gasteiger partial charge in [0.15, 0.2) is 0 Å². The molecule has 0 radical (unpaired) electrons. The molecule has 6 nitrogen and oxygen atoms in total. The molecule has 0 saturated carbocycles. The van der Waals surface area contributed by atoms with Crippen LogP contribution in [0.5, 0.6) is 0 Å². The molecule has 162 valence electrons. The van der Waals surface area contributed by atoms with Crippen molar-refractivity contribution in [1.82, 2.24) is 15.1 Å². The molecule has 1 aromatic heterocycles. The number of aliphatic hydroxyl groups is 1. The third-order valence-electron chi connectivity index (χ3n) is 4.66. The second kappa shape index (κ2) is 10.1. The quantitative estimate of drug-likeness (QED) is 0.550. The highest BCUT2D eigenvalue weighted by atomic mass is 35.5. The van der Waals surface area contributed by atoms with Crippen LogP contribution in [0.25, 0.3) is 16.9 Å². The SMILES string of the molecule is CC(C)CC(CO)NC(=O)c1cc(-c2ccc(Cl)cc2)nn(-c2cccc(Cl)c2)c1=O. The van der Waals surface area contributed by atoms with Gasteiger partial charge in [0.05, 0.1) is 24.0 Å². The summed E-state index contributed by atoms with van der Waals surface area (Å²) in [6.07, 6.45) is 0.583. The van der Waals surface area contributed by atoms with Gasteiger partial charge in [-0.25, -0.2) is 0 Å². The summed E-state index contributed by atoms with van der Waals surface area (Å²) in [6.45, 7) is 3.76. The number of carbonyl (C=O) groups is 1. The fourth-order valence-corrected chi connectivity index (χ4v) is 3.52. The van der Waals surface area contributed by atoms with Crippen LogP contribution < -0.4 is 10.9 Å². The maximum Gasteiger partial charge on any atom is 0.284 e. The fraction of sp³-hybridized carbons (Fsp3) is 0.261. The van der Waals surface area contributed by atoms with E-state index in [4.69, 9.17) is 23.2 Å². The molecule has 0 aliphatic rings. The van der Waals surface area contributed by atoms with Gasteiger partial charge in [-0.1, -0.05) is 55.2 Å². The molecule has 3 rings (SSSR count). The molecule has 0 fully saturated rings. The summed E-state index contributed by atoms with van der Waals surface area (Å²) in [6, 6.07) is 14.6.